The number of ether oxygens (including phenoxy) is 1. The highest BCUT2D eigenvalue weighted by atomic mass is 32.1. The number of rotatable bonds is 7. The minimum atomic E-state index is -1.00. The number of aromatic carboxylic acids is 1. The van der Waals surface area contributed by atoms with Crippen LogP contribution in [-0.4, -0.2) is 49.8 Å². The maximum Gasteiger partial charge on any atom is 0.335 e. The van der Waals surface area contributed by atoms with E-state index in [4.69, 9.17) is 17.0 Å². The lowest BCUT2D eigenvalue weighted by atomic mass is 10.0. The van der Waals surface area contributed by atoms with E-state index in [1.807, 2.05) is 47.2 Å². The van der Waals surface area contributed by atoms with Crippen LogP contribution in [0, 0.1) is 0 Å². The van der Waals surface area contributed by atoms with E-state index < -0.39 is 5.97 Å². The van der Waals surface area contributed by atoms with Crippen LogP contribution < -0.4 is 5.32 Å². The highest BCUT2D eigenvalue weighted by Crippen LogP contribution is 2.39. The van der Waals surface area contributed by atoms with Crippen molar-refractivity contribution in [2.75, 3.05) is 13.2 Å². The molecule has 3 aromatic rings. The van der Waals surface area contributed by atoms with E-state index in [0.717, 1.165) is 11.4 Å². The van der Waals surface area contributed by atoms with Crippen LogP contribution in [0.3, 0.4) is 0 Å². The lowest BCUT2D eigenvalue weighted by Gasteiger charge is -2.28. The van der Waals surface area contributed by atoms with Crippen molar-refractivity contribution < 1.29 is 19.4 Å². The molecule has 0 radical (unpaired) electrons. The minimum Gasteiger partial charge on any atom is -0.478 e. The smallest absolute Gasteiger partial charge is 0.335 e. The Balaban J connectivity index is 1.79. The number of hydrogen-bond donors (Lipinski definition) is 2. The second kappa shape index (κ2) is 9.19. The summed E-state index contributed by atoms with van der Waals surface area (Å²) in [5.41, 5.74) is 2.49. The summed E-state index contributed by atoms with van der Waals surface area (Å²) < 4.78 is 7.06. The lowest BCUT2D eigenvalue weighted by Crippen LogP contribution is -2.36. The van der Waals surface area contributed by atoms with Gasteiger partial charge in [0, 0.05) is 23.8 Å². The number of hydrogen-bond acceptors (Lipinski definition) is 5. The van der Waals surface area contributed by atoms with Gasteiger partial charge in [-0.15, -0.1) is 0 Å². The van der Waals surface area contributed by atoms with E-state index >= 15 is 0 Å². The average Bonchev–Trinajstić information content (AvgIpc) is 3.39. The molecule has 0 unspecified atom stereocenters. The first-order valence-corrected chi connectivity index (χ1v) is 10.5. The Kier molecular flexibility index (Phi) is 6.18. The summed E-state index contributed by atoms with van der Waals surface area (Å²) in [6.07, 6.45) is 3.57. The van der Waals surface area contributed by atoms with Gasteiger partial charge in [0.15, 0.2) is 5.11 Å². The molecule has 0 amide bonds. The van der Waals surface area contributed by atoms with Crippen molar-refractivity contribution in [1.29, 1.82) is 0 Å². The van der Waals surface area contributed by atoms with E-state index in [2.05, 4.69) is 10.3 Å². The molecule has 1 saturated heterocycles. The first-order chi connectivity index (χ1) is 15.5. The molecule has 9 heteroatoms. The molecule has 1 aliphatic rings. The predicted molar refractivity (Wildman–Crippen MR) is 122 cm³/mol. The van der Waals surface area contributed by atoms with Crippen LogP contribution in [-0.2, 0) is 9.53 Å². The topological polar surface area (TPSA) is 96.7 Å². The molecule has 32 heavy (non-hydrogen) atoms. The number of carbonyl (C=O) groups is 2. The number of carboxylic acids is 1. The van der Waals surface area contributed by atoms with Gasteiger partial charge in [0.05, 0.1) is 29.9 Å². The van der Waals surface area contributed by atoms with E-state index in [0.29, 0.717) is 10.8 Å². The quantitative estimate of drug-likeness (QED) is 0.419. The van der Waals surface area contributed by atoms with Gasteiger partial charge in [-0.25, -0.2) is 4.79 Å². The number of nitrogens with one attached hydrogen (secondary N) is 1. The second-order valence-corrected chi connectivity index (χ2v) is 7.60. The van der Waals surface area contributed by atoms with Crippen LogP contribution in [0.5, 0.6) is 0 Å². The fourth-order valence-corrected chi connectivity index (χ4v) is 4.21. The number of carbonyl (C=O) groups excluding carboxylic acids is 1. The Bertz CT molecular complexity index is 1150. The first kappa shape index (κ1) is 21.5. The Hall–Kier alpha value is -3.72. The van der Waals surface area contributed by atoms with E-state index in [-0.39, 0.29) is 36.8 Å². The molecule has 0 bridgehead atoms. The Morgan fingerprint density at radius 2 is 2.03 bits per heavy atom. The molecule has 0 aliphatic carbocycles. The van der Waals surface area contributed by atoms with Gasteiger partial charge in [-0.2, -0.15) is 0 Å². The van der Waals surface area contributed by atoms with E-state index in [1.165, 1.54) is 0 Å². The summed E-state index contributed by atoms with van der Waals surface area (Å²) in [6.45, 7) is 2.01. The number of nitrogens with zero attached hydrogens (tertiary/aromatic N) is 3. The molecule has 1 fully saturated rings. The number of benzene rings is 1. The third-order valence-corrected chi connectivity index (χ3v) is 5.61. The summed E-state index contributed by atoms with van der Waals surface area (Å²) in [5, 5.41) is 13.1. The summed E-state index contributed by atoms with van der Waals surface area (Å²) in [4.78, 5) is 30.1. The van der Waals surface area contributed by atoms with E-state index in [9.17, 15) is 14.7 Å². The third kappa shape index (κ3) is 4.19. The van der Waals surface area contributed by atoms with Crippen molar-refractivity contribution in [3.8, 4) is 5.69 Å². The molecular weight excluding hydrogens is 428 g/mol. The van der Waals surface area contributed by atoms with Crippen LogP contribution in [0.2, 0.25) is 0 Å². The lowest BCUT2D eigenvalue weighted by molar-refractivity contribution is -0.143. The van der Waals surface area contributed by atoms with Gasteiger partial charge >= 0.3 is 11.9 Å². The number of thiocarbonyl (C=S) groups is 1. The largest absolute Gasteiger partial charge is 0.478 e. The number of aromatic nitrogens is 2. The Morgan fingerprint density at radius 3 is 2.75 bits per heavy atom. The zero-order valence-electron chi connectivity index (χ0n) is 17.3. The molecule has 4 rings (SSSR count). The van der Waals surface area contributed by atoms with Gasteiger partial charge in [0.2, 0.25) is 0 Å². The van der Waals surface area contributed by atoms with Crippen molar-refractivity contribution in [1.82, 2.24) is 19.8 Å². The standard InChI is InChI=1S/C23H22N4O4S/c1-2-31-19(28)14-27-21(20(25-23(27)32)17-9-3-4-11-24-17)18-10-6-12-26(18)16-8-5-7-15(13-16)22(29)30/h3-13,20-21H,2,14H2,1H3,(H,25,32)(H,29,30)/t20-,21+/m1/s1. The average molecular weight is 451 g/mol. The molecule has 2 atom stereocenters. The molecule has 164 valence electrons. The number of pyridine rings is 1. The van der Waals surface area contributed by atoms with Crippen LogP contribution >= 0.6 is 12.2 Å². The summed E-state index contributed by atoms with van der Waals surface area (Å²) in [5.74, 6) is -1.38. The van der Waals surface area contributed by atoms with Gasteiger partial charge in [0.25, 0.3) is 0 Å². The molecule has 3 heterocycles. The fourth-order valence-electron chi connectivity index (χ4n) is 3.90. The summed E-state index contributed by atoms with van der Waals surface area (Å²) in [7, 11) is 0. The molecule has 2 N–H and O–H groups in total. The first-order valence-electron chi connectivity index (χ1n) is 10.1. The van der Waals surface area contributed by atoms with Crippen molar-refractivity contribution >= 4 is 29.3 Å². The number of esters is 1. The van der Waals surface area contributed by atoms with Gasteiger partial charge in [0.1, 0.15) is 6.54 Å². The van der Waals surface area contributed by atoms with Gasteiger partial charge < -0.3 is 24.6 Å². The maximum atomic E-state index is 12.3. The van der Waals surface area contributed by atoms with Crippen LogP contribution in [0.25, 0.3) is 5.69 Å². The SMILES string of the molecule is CCOC(=O)CN1C(=S)N[C@H](c2ccccn2)[C@@H]1c1cccn1-c1cccc(C(=O)O)c1. The summed E-state index contributed by atoms with van der Waals surface area (Å²) in [6, 6.07) is 15.5. The van der Waals surface area contributed by atoms with Gasteiger partial charge in [-0.1, -0.05) is 12.1 Å². The van der Waals surface area contributed by atoms with Crippen LogP contribution in [0.15, 0.2) is 67.0 Å². The maximum absolute atomic E-state index is 12.3. The van der Waals surface area contributed by atoms with Crippen LogP contribution in [0.1, 0.15) is 40.8 Å². The second-order valence-electron chi connectivity index (χ2n) is 7.22. The van der Waals surface area contributed by atoms with Gasteiger partial charge in [-0.3, -0.25) is 9.78 Å². The van der Waals surface area contributed by atoms with Crippen LogP contribution in [0.4, 0.5) is 0 Å². The van der Waals surface area contributed by atoms with E-state index in [1.54, 1.807) is 36.2 Å². The zero-order chi connectivity index (χ0) is 22.7. The normalized spacial score (nSPS) is 17.8. The monoisotopic (exact) mass is 450 g/mol. The third-order valence-electron chi connectivity index (χ3n) is 5.26. The minimum absolute atomic E-state index is 0.0198. The Labute approximate surface area is 190 Å². The van der Waals surface area contributed by atoms with Crippen molar-refractivity contribution in [3.05, 3.63) is 83.9 Å². The van der Waals surface area contributed by atoms with Crippen molar-refractivity contribution in [2.45, 2.75) is 19.0 Å². The molecule has 1 aliphatic heterocycles. The zero-order valence-corrected chi connectivity index (χ0v) is 18.2. The molecule has 8 nitrogen and oxygen atoms in total. The predicted octanol–water partition coefficient (Wildman–Crippen LogP) is 3.11. The van der Waals surface area contributed by atoms with Crippen molar-refractivity contribution in [2.24, 2.45) is 0 Å². The molecule has 1 aromatic carbocycles. The Morgan fingerprint density at radius 1 is 1.19 bits per heavy atom. The molecular formula is C23H22N4O4S. The highest BCUT2D eigenvalue weighted by molar-refractivity contribution is 7.80. The number of carboxylic acid groups (broad SMARTS) is 1. The highest BCUT2D eigenvalue weighted by Gasteiger charge is 2.42. The molecule has 2 aromatic heterocycles. The van der Waals surface area contributed by atoms with Gasteiger partial charge in [-0.05, 0) is 61.6 Å². The van der Waals surface area contributed by atoms with Crippen molar-refractivity contribution in [3.63, 3.8) is 0 Å². The molecule has 0 saturated carbocycles. The molecule has 0 spiro atoms. The summed E-state index contributed by atoms with van der Waals surface area (Å²) >= 11 is 5.58. The fraction of sp³-hybridized carbons (Fsp3) is 0.217.